The summed E-state index contributed by atoms with van der Waals surface area (Å²) in [7, 11) is 1.79. The molecule has 1 N–H and O–H groups in total. The molecule has 1 saturated carbocycles. The SMILES string of the molecule is COCCN(CCC1CNC1)C1CC1. The van der Waals surface area contributed by atoms with Crippen molar-refractivity contribution >= 4 is 0 Å². The molecule has 2 rings (SSSR count). The molecule has 0 radical (unpaired) electrons. The van der Waals surface area contributed by atoms with Gasteiger partial charge in [-0.1, -0.05) is 0 Å². The summed E-state index contributed by atoms with van der Waals surface area (Å²) in [6.45, 7) is 5.77. The maximum Gasteiger partial charge on any atom is 0.0589 e. The van der Waals surface area contributed by atoms with Gasteiger partial charge in [-0.25, -0.2) is 0 Å². The molecule has 0 atom stereocenters. The summed E-state index contributed by atoms with van der Waals surface area (Å²) in [6, 6.07) is 0.887. The molecule has 0 aromatic rings. The maximum atomic E-state index is 5.14. The predicted molar refractivity (Wildman–Crippen MR) is 57.4 cm³/mol. The summed E-state index contributed by atoms with van der Waals surface area (Å²) < 4.78 is 5.14. The van der Waals surface area contributed by atoms with E-state index >= 15 is 0 Å². The number of hydrogen-bond acceptors (Lipinski definition) is 3. The minimum atomic E-state index is 0.887. The van der Waals surface area contributed by atoms with Gasteiger partial charge in [0, 0.05) is 19.7 Å². The predicted octanol–water partition coefficient (Wildman–Crippen LogP) is 0.707. The zero-order valence-electron chi connectivity index (χ0n) is 9.17. The average Bonchev–Trinajstić information content (AvgIpc) is 2.91. The van der Waals surface area contributed by atoms with Crippen molar-refractivity contribution in [3.05, 3.63) is 0 Å². The molecule has 14 heavy (non-hydrogen) atoms. The summed E-state index contributed by atoms with van der Waals surface area (Å²) in [5, 5.41) is 3.33. The van der Waals surface area contributed by atoms with E-state index in [4.69, 9.17) is 4.74 Å². The number of rotatable bonds is 7. The molecule has 1 aliphatic carbocycles. The van der Waals surface area contributed by atoms with Crippen molar-refractivity contribution in [2.45, 2.75) is 25.3 Å². The summed E-state index contributed by atoms with van der Waals surface area (Å²) in [5.74, 6) is 0.943. The molecule has 0 aromatic heterocycles. The lowest BCUT2D eigenvalue weighted by molar-refractivity contribution is 0.135. The van der Waals surface area contributed by atoms with Crippen molar-refractivity contribution in [2.75, 3.05) is 39.9 Å². The van der Waals surface area contributed by atoms with Crippen LogP contribution in [0.5, 0.6) is 0 Å². The van der Waals surface area contributed by atoms with Crippen LogP contribution in [0.25, 0.3) is 0 Å². The Kier molecular flexibility index (Phi) is 3.79. The molecule has 1 heterocycles. The zero-order chi connectivity index (χ0) is 9.80. The van der Waals surface area contributed by atoms with Crippen molar-refractivity contribution < 1.29 is 4.74 Å². The van der Waals surface area contributed by atoms with Crippen LogP contribution in [0.4, 0.5) is 0 Å². The van der Waals surface area contributed by atoms with E-state index in [1.54, 1.807) is 7.11 Å². The van der Waals surface area contributed by atoms with Gasteiger partial charge in [-0.05, 0) is 44.8 Å². The van der Waals surface area contributed by atoms with Crippen molar-refractivity contribution in [1.29, 1.82) is 0 Å². The van der Waals surface area contributed by atoms with Crippen LogP contribution in [0.15, 0.2) is 0 Å². The third kappa shape index (κ3) is 2.94. The fraction of sp³-hybridized carbons (Fsp3) is 1.00. The molecular formula is C11H22N2O. The largest absolute Gasteiger partial charge is 0.383 e. The van der Waals surface area contributed by atoms with Crippen LogP contribution in [0, 0.1) is 5.92 Å². The standard InChI is InChI=1S/C11H22N2O/c1-14-7-6-13(11-2-3-11)5-4-10-8-12-9-10/h10-12H,2-9H2,1H3. The average molecular weight is 198 g/mol. The number of methoxy groups -OCH3 is 1. The second-order valence-electron chi connectivity index (χ2n) is 4.57. The highest BCUT2D eigenvalue weighted by molar-refractivity contribution is 4.85. The van der Waals surface area contributed by atoms with Crippen LogP contribution in [-0.4, -0.2) is 50.8 Å². The lowest BCUT2D eigenvalue weighted by Crippen LogP contribution is -2.44. The lowest BCUT2D eigenvalue weighted by atomic mass is 9.99. The number of nitrogens with one attached hydrogen (secondary N) is 1. The van der Waals surface area contributed by atoms with Gasteiger partial charge < -0.3 is 10.1 Å². The van der Waals surface area contributed by atoms with Gasteiger partial charge in [0.2, 0.25) is 0 Å². The summed E-state index contributed by atoms with van der Waals surface area (Å²) in [4.78, 5) is 2.61. The number of nitrogens with zero attached hydrogens (tertiary/aromatic N) is 1. The molecule has 0 spiro atoms. The molecule has 1 saturated heterocycles. The molecule has 0 bridgehead atoms. The summed E-state index contributed by atoms with van der Waals surface area (Å²) in [5.41, 5.74) is 0. The van der Waals surface area contributed by atoms with Gasteiger partial charge in [0.25, 0.3) is 0 Å². The van der Waals surface area contributed by atoms with Crippen molar-refractivity contribution in [1.82, 2.24) is 10.2 Å². The normalized spacial score (nSPS) is 22.7. The fourth-order valence-electron chi connectivity index (χ4n) is 2.03. The number of ether oxygens (including phenoxy) is 1. The van der Waals surface area contributed by atoms with Crippen molar-refractivity contribution in [3.63, 3.8) is 0 Å². The molecule has 1 aliphatic heterocycles. The first-order chi connectivity index (χ1) is 6.90. The molecule has 3 heteroatoms. The highest BCUT2D eigenvalue weighted by atomic mass is 16.5. The van der Waals surface area contributed by atoms with Crippen LogP contribution in [-0.2, 0) is 4.74 Å². The van der Waals surface area contributed by atoms with Gasteiger partial charge in [0.05, 0.1) is 6.61 Å². The first kappa shape index (κ1) is 10.4. The smallest absolute Gasteiger partial charge is 0.0589 e. The second kappa shape index (κ2) is 5.10. The quantitative estimate of drug-likeness (QED) is 0.652. The molecule has 0 amide bonds. The van der Waals surface area contributed by atoms with Crippen LogP contribution in [0.2, 0.25) is 0 Å². The van der Waals surface area contributed by atoms with E-state index in [0.29, 0.717) is 0 Å². The minimum Gasteiger partial charge on any atom is -0.383 e. The first-order valence-corrected chi connectivity index (χ1v) is 5.84. The summed E-state index contributed by atoms with van der Waals surface area (Å²) >= 11 is 0. The Hall–Kier alpha value is -0.120. The van der Waals surface area contributed by atoms with E-state index in [9.17, 15) is 0 Å². The Morgan fingerprint density at radius 1 is 1.29 bits per heavy atom. The van der Waals surface area contributed by atoms with E-state index in [-0.39, 0.29) is 0 Å². The monoisotopic (exact) mass is 198 g/mol. The third-order valence-electron chi connectivity index (χ3n) is 3.34. The molecule has 3 nitrogen and oxygen atoms in total. The second-order valence-corrected chi connectivity index (χ2v) is 4.57. The topological polar surface area (TPSA) is 24.5 Å². The molecule has 2 fully saturated rings. The van der Waals surface area contributed by atoms with Crippen LogP contribution in [0.1, 0.15) is 19.3 Å². The van der Waals surface area contributed by atoms with Gasteiger partial charge in [-0.2, -0.15) is 0 Å². The lowest BCUT2D eigenvalue weighted by Gasteiger charge is -2.30. The van der Waals surface area contributed by atoms with Crippen LogP contribution in [0.3, 0.4) is 0 Å². The van der Waals surface area contributed by atoms with Crippen molar-refractivity contribution in [3.8, 4) is 0 Å². The fourth-order valence-corrected chi connectivity index (χ4v) is 2.03. The van der Waals surface area contributed by atoms with Gasteiger partial charge in [-0.15, -0.1) is 0 Å². The molecule has 0 aromatic carbocycles. The first-order valence-electron chi connectivity index (χ1n) is 5.84. The molecule has 0 unspecified atom stereocenters. The Labute approximate surface area is 86.8 Å². The van der Waals surface area contributed by atoms with Gasteiger partial charge in [0.1, 0.15) is 0 Å². The maximum absolute atomic E-state index is 5.14. The Morgan fingerprint density at radius 2 is 2.07 bits per heavy atom. The van der Waals surface area contributed by atoms with E-state index in [0.717, 1.165) is 25.1 Å². The molecular weight excluding hydrogens is 176 g/mol. The van der Waals surface area contributed by atoms with Gasteiger partial charge >= 0.3 is 0 Å². The van der Waals surface area contributed by atoms with E-state index in [1.807, 2.05) is 0 Å². The van der Waals surface area contributed by atoms with Crippen LogP contribution < -0.4 is 5.32 Å². The van der Waals surface area contributed by atoms with Gasteiger partial charge in [-0.3, -0.25) is 4.90 Å². The van der Waals surface area contributed by atoms with E-state index in [2.05, 4.69) is 10.2 Å². The van der Waals surface area contributed by atoms with Gasteiger partial charge in [0.15, 0.2) is 0 Å². The highest BCUT2D eigenvalue weighted by Gasteiger charge is 2.29. The summed E-state index contributed by atoms with van der Waals surface area (Å²) in [6.07, 6.45) is 4.19. The highest BCUT2D eigenvalue weighted by Crippen LogP contribution is 2.27. The minimum absolute atomic E-state index is 0.887. The molecule has 2 aliphatic rings. The van der Waals surface area contributed by atoms with Crippen LogP contribution >= 0.6 is 0 Å². The zero-order valence-corrected chi connectivity index (χ0v) is 9.17. The van der Waals surface area contributed by atoms with E-state index < -0.39 is 0 Å². The Bertz CT molecular complexity index is 167. The van der Waals surface area contributed by atoms with E-state index in [1.165, 1.54) is 38.9 Å². The Morgan fingerprint density at radius 3 is 2.57 bits per heavy atom. The van der Waals surface area contributed by atoms with Crippen molar-refractivity contribution in [2.24, 2.45) is 5.92 Å². The molecule has 82 valence electrons. The third-order valence-corrected chi connectivity index (χ3v) is 3.34. The Balaban J connectivity index is 1.61. The number of hydrogen-bond donors (Lipinski definition) is 1.